The largest absolute Gasteiger partial charge is 0.494 e. The van der Waals surface area contributed by atoms with Gasteiger partial charge in [-0.05, 0) is 23.8 Å². The van der Waals surface area contributed by atoms with Crippen LogP contribution >= 0.6 is 0 Å². The first-order chi connectivity index (χ1) is 10.6. The lowest BCUT2D eigenvalue weighted by Crippen LogP contribution is -1.96. The molecule has 0 fully saturated rings. The zero-order valence-corrected chi connectivity index (χ0v) is 11.6. The molecule has 22 heavy (non-hydrogen) atoms. The van der Waals surface area contributed by atoms with Gasteiger partial charge in [-0.15, -0.1) is 0 Å². The van der Waals surface area contributed by atoms with E-state index in [1.54, 1.807) is 28.9 Å². The summed E-state index contributed by atoms with van der Waals surface area (Å²) in [4.78, 5) is 10.9. The molecule has 2 aromatic heterocycles. The second kappa shape index (κ2) is 5.22. The van der Waals surface area contributed by atoms with E-state index in [9.17, 15) is 4.79 Å². The minimum absolute atomic E-state index is 0.225. The van der Waals surface area contributed by atoms with Crippen LogP contribution in [-0.4, -0.2) is 27.8 Å². The SMILES string of the molecule is COc1cc(-c2ccc(C(=O)O)cc2)cn2ncc(C#N)c12. The molecular formula is C16H11N3O3. The molecule has 108 valence electrons. The maximum absolute atomic E-state index is 10.9. The number of ether oxygens (including phenoxy) is 1. The van der Waals surface area contributed by atoms with Crippen LogP contribution in [0.15, 0.2) is 42.7 Å². The van der Waals surface area contributed by atoms with Crippen molar-refractivity contribution in [1.82, 2.24) is 9.61 Å². The summed E-state index contributed by atoms with van der Waals surface area (Å²) in [5, 5.41) is 22.2. The smallest absolute Gasteiger partial charge is 0.335 e. The standard InChI is InChI=1S/C16H11N3O3/c1-22-14-6-12(9-19-15(14)13(7-17)8-18-19)10-2-4-11(5-3-10)16(20)21/h2-6,8-9H,1H3,(H,20,21). The number of fused-ring (bicyclic) bond motifs is 1. The predicted octanol–water partition coefficient (Wildman–Crippen LogP) is 2.58. The van der Waals surface area contributed by atoms with Crippen molar-refractivity contribution < 1.29 is 14.6 Å². The first-order valence-corrected chi connectivity index (χ1v) is 6.43. The first kappa shape index (κ1) is 13.6. The molecule has 1 aromatic carbocycles. The van der Waals surface area contributed by atoms with Crippen molar-refractivity contribution >= 4 is 11.5 Å². The summed E-state index contributed by atoms with van der Waals surface area (Å²) in [7, 11) is 1.53. The molecule has 6 nitrogen and oxygen atoms in total. The second-order valence-electron chi connectivity index (χ2n) is 4.64. The monoisotopic (exact) mass is 293 g/mol. The molecule has 0 radical (unpaired) electrons. The van der Waals surface area contributed by atoms with Gasteiger partial charge in [0.25, 0.3) is 0 Å². The molecule has 1 N–H and O–H groups in total. The van der Waals surface area contributed by atoms with Gasteiger partial charge in [0.15, 0.2) is 0 Å². The fourth-order valence-electron chi connectivity index (χ4n) is 2.28. The number of pyridine rings is 1. The van der Waals surface area contributed by atoms with Gasteiger partial charge in [0.1, 0.15) is 22.9 Å². The number of hydrogen-bond donors (Lipinski definition) is 1. The summed E-state index contributed by atoms with van der Waals surface area (Å²) >= 11 is 0. The van der Waals surface area contributed by atoms with Gasteiger partial charge in [0.2, 0.25) is 0 Å². The molecule has 6 heteroatoms. The number of nitrogens with zero attached hydrogens (tertiary/aromatic N) is 3. The minimum Gasteiger partial charge on any atom is -0.494 e. The summed E-state index contributed by atoms with van der Waals surface area (Å²) in [5.74, 6) is -0.431. The van der Waals surface area contributed by atoms with E-state index in [-0.39, 0.29) is 5.56 Å². The van der Waals surface area contributed by atoms with Crippen LogP contribution in [0.25, 0.3) is 16.6 Å². The topological polar surface area (TPSA) is 87.6 Å². The molecular weight excluding hydrogens is 282 g/mol. The Balaban J connectivity index is 2.15. The zero-order valence-electron chi connectivity index (χ0n) is 11.6. The van der Waals surface area contributed by atoms with Gasteiger partial charge < -0.3 is 9.84 Å². The molecule has 3 aromatic rings. The number of aromatic nitrogens is 2. The van der Waals surface area contributed by atoms with Crippen molar-refractivity contribution in [3.8, 4) is 22.9 Å². The summed E-state index contributed by atoms with van der Waals surface area (Å²) < 4.78 is 6.93. The van der Waals surface area contributed by atoms with Crippen LogP contribution < -0.4 is 4.74 Å². The molecule has 0 aliphatic carbocycles. The maximum atomic E-state index is 10.9. The van der Waals surface area contributed by atoms with Crippen molar-refractivity contribution in [2.75, 3.05) is 7.11 Å². The Morgan fingerprint density at radius 1 is 1.32 bits per heavy atom. The third-order valence-electron chi connectivity index (χ3n) is 3.38. The lowest BCUT2D eigenvalue weighted by Gasteiger charge is -2.08. The first-order valence-electron chi connectivity index (χ1n) is 6.43. The van der Waals surface area contributed by atoms with Crippen molar-refractivity contribution in [3.05, 3.63) is 53.9 Å². The van der Waals surface area contributed by atoms with Crippen LogP contribution in [0.4, 0.5) is 0 Å². The molecule has 0 aliphatic heterocycles. The number of rotatable bonds is 3. The van der Waals surface area contributed by atoms with Crippen molar-refractivity contribution in [3.63, 3.8) is 0 Å². The second-order valence-corrected chi connectivity index (χ2v) is 4.64. The van der Waals surface area contributed by atoms with Crippen LogP contribution in [0.2, 0.25) is 0 Å². The minimum atomic E-state index is -0.967. The maximum Gasteiger partial charge on any atom is 0.335 e. The number of aromatic carboxylic acids is 1. The summed E-state index contributed by atoms with van der Waals surface area (Å²) in [6.07, 6.45) is 3.25. The van der Waals surface area contributed by atoms with Gasteiger partial charge in [0, 0.05) is 11.8 Å². The van der Waals surface area contributed by atoms with E-state index in [1.165, 1.54) is 25.4 Å². The Bertz CT molecular complexity index is 905. The van der Waals surface area contributed by atoms with Crippen LogP contribution in [0.5, 0.6) is 5.75 Å². The number of nitriles is 1. The summed E-state index contributed by atoms with van der Waals surface area (Å²) in [6.45, 7) is 0. The zero-order chi connectivity index (χ0) is 15.7. The molecule has 0 saturated carbocycles. The highest BCUT2D eigenvalue weighted by molar-refractivity contribution is 5.88. The molecule has 0 aliphatic rings. The number of carboxylic acid groups (broad SMARTS) is 1. The van der Waals surface area contributed by atoms with E-state index < -0.39 is 5.97 Å². The molecule has 0 saturated heterocycles. The van der Waals surface area contributed by atoms with Gasteiger partial charge >= 0.3 is 5.97 Å². The van der Waals surface area contributed by atoms with Crippen LogP contribution in [0.1, 0.15) is 15.9 Å². The van der Waals surface area contributed by atoms with Crippen LogP contribution in [0, 0.1) is 11.3 Å². The van der Waals surface area contributed by atoms with Gasteiger partial charge in [-0.2, -0.15) is 10.4 Å². The molecule has 0 spiro atoms. The number of carboxylic acids is 1. The summed E-state index contributed by atoms with van der Waals surface area (Å²) in [6, 6.07) is 10.4. The van der Waals surface area contributed by atoms with Gasteiger partial charge in [-0.1, -0.05) is 12.1 Å². The third-order valence-corrected chi connectivity index (χ3v) is 3.38. The lowest BCUT2D eigenvalue weighted by molar-refractivity contribution is 0.0697. The molecule has 0 atom stereocenters. The third kappa shape index (κ3) is 2.15. The predicted molar refractivity (Wildman–Crippen MR) is 78.9 cm³/mol. The molecule has 0 unspecified atom stereocenters. The average molecular weight is 293 g/mol. The Kier molecular flexibility index (Phi) is 3.24. The number of methoxy groups -OCH3 is 1. The van der Waals surface area contributed by atoms with E-state index in [4.69, 9.17) is 15.1 Å². The van der Waals surface area contributed by atoms with Gasteiger partial charge in [-0.25, -0.2) is 9.31 Å². The molecule has 0 amide bonds. The highest BCUT2D eigenvalue weighted by atomic mass is 16.5. The quantitative estimate of drug-likeness (QED) is 0.801. The summed E-state index contributed by atoms with van der Waals surface area (Å²) in [5.41, 5.74) is 2.91. The normalized spacial score (nSPS) is 10.4. The number of hydrogen-bond acceptors (Lipinski definition) is 4. The highest BCUT2D eigenvalue weighted by Crippen LogP contribution is 2.29. The van der Waals surface area contributed by atoms with Crippen molar-refractivity contribution in [2.45, 2.75) is 0 Å². The van der Waals surface area contributed by atoms with Gasteiger partial charge in [-0.3, -0.25) is 0 Å². The van der Waals surface area contributed by atoms with E-state index in [0.717, 1.165) is 11.1 Å². The molecule has 0 bridgehead atoms. The van der Waals surface area contributed by atoms with E-state index >= 15 is 0 Å². The Morgan fingerprint density at radius 3 is 2.64 bits per heavy atom. The highest BCUT2D eigenvalue weighted by Gasteiger charge is 2.12. The van der Waals surface area contributed by atoms with Crippen molar-refractivity contribution in [1.29, 1.82) is 5.26 Å². The lowest BCUT2D eigenvalue weighted by atomic mass is 10.0. The van der Waals surface area contributed by atoms with Crippen LogP contribution in [-0.2, 0) is 0 Å². The van der Waals surface area contributed by atoms with E-state index in [1.807, 2.05) is 0 Å². The van der Waals surface area contributed by atoms with Gasteiger partial charge in [0.05, 0.1) is 18.9 Å². The fourth-order valence-corrected chi connectivity index (χ4v) is 2.28. The van der Waals surface area contributed by atoms with Crippen LogP contribution in [0.3, 0.4) is 0 Å². The van der Waals surface area contributed by atoms with E-state index in [0.29, 0.717) is 16.8 Å². The fraction of sp³-hybridized carbons (Fsp3) is 0.0625. The van der Waals surface area contributed by atoms with E-state index in [2.05, 4.69) is 11.2 Å². The average Bonchev–Trinajstić information content (AvgIpc) is 2.97. The number of carbonyl (C=O) groups is 1. The molecule has 2 heterocycles. The van der Waals surface area contributed by atoms with Crippen molar-refractivity contribution in [2.24, 2.45) is 0 Å². The Labute approximate surface area is 125 Å². The Morgan fingerprint density at radius 2 is 2.05 bits per heavy atom. The Hall–Kier alpha value is -3.33. The molecule has 3 rings (SSSR count). The number of benzene rings is 1.